The molecule has 3 heterocycles. The smallest absolute Gasteiger partial charge is 0.142 e. The minimum atomic E-state index is -0.151. The minimum Gasteiger partial charge on any atom is -0.481 e. The van der Waals surface area contributed by atoms with Gasteiger partial charge in [0.1, 0.15) is 11.4 Å². The summed E-state index contributed by atoms with van der Waals surface area (Å²) < 4.78 is 7.95. The highest BCUT2D eigenvalue weighted by Crippen LogP contribution is 2.64. The highest BCUT2D eigenvalue weighted by atomic mass is 32.1. The Kier molecular flexibility index (Phi) is 6.73. The summed E-state index contributed by atoms with van der Waals surface area (Å²) in [6, 6.07) is 53.9. The predicted molar refractivity (Wildman–Crippen MR) is 233 cm³/mol. The number of ether oxygens (including phenoxy) is 1. The molecular weight excluding hydrogens is 701 g/mol. The van der Waals surface area contributed by atoms with Gasteiger partial charge in [0.05, 0.1) is 0 Å². The SMILES string of the molecule is CC1(C)c2ccccc2N(C2=Cc3c(sc4ccccc34)C(c3ccc(N(c4ccccc4)c4ccc5c(c4)C4=CC=CC6CC46O5)cc3)C2)c2ccccc21. The molecule has 56 heavy (non-hydrogen) atoms. The number of nitrogens with zero attached hydrogens (tertiary/aromatic N) is 2. The minimum absolute atomic E-state index is 0.100. The average Bonchev–Trinajstić information content (AvgIpc) is 3.71. The fourth-order valence-electron chi connectivity index (χ4n) is 10.2. The Morgan fingerprint density at radius 2 is 1.39 bits per heavy atom. The molecule has 0 amide bonds. The highest BCUT2D eigenvalue weighted by molar-refractivity contribution is 7.19. The molecule has 1 aromatic heterocycles. The number of anilines is 5. The second kappa shape index (κ2) is 11.7. The van der Waals surface area contributed by atoms with Crippen LogP contribution in [0.5, 0.6) is 5.75 Å². The van der Waals surface area contributed by atoms with Gasteiger partial charge >= 0.3 is 0 Å². The Morgan fingerprint density at radius 1 is 0.714 bits per heavy atom. The second-order valence-corrected chi connectivity index (χ2v) is 17.6. The summed E-state index contributed by atoms with van der Waals surface area (Å²) >= 11 is 1.95. The molecule has 1 spiro atoms. The third-order valence-electron chi connectivity index (χ3n) is 13.0. The van der Waals surface area contributed by atoms with Gasteiger partial charge in [0, 0.05) is 83.9 Å². The molecule has 0 N–H and O–H groups in total. The standard InChI is InChI=1S/C52H40N2OS/c1-51(2)44-17-7-9-20-46(44)54(47-21-10-8-18-45(47)51)38-30-40(50-41(31-38)39-16-6-11-22-49(39)56-50)33-23-25-36(26-24-33)53(35-14-4-3-5-15-35)37-27-28-48-42(29-37)43-19-12-13-34-32-52(34,43)55-48/h3-29,31,34,40H,30,32H2,1-2H3. The molecule has 2 aliphatic heterocycles. The zero-order valence-electron chi connectivity index (χ0n) is 31.4. The van der Waals surface area contributed by atoms with Gasteiger partial charge in [0.25, 0.3) is 0 Å². The number of allylic oxidation sites excluding steroid dienone is 3. The van der Waals surface area contributed by atoms with Gasteiger partial charge in [-0.2, -0.15) is 0 Å². The van der Waals surface area contributed by atoms with E-state index in [1.165, 1.54) is 65.4 Å². The van der Waals surface area contributed by atoms with Crippen molar-refractivity contribution in [2.24, 2.45) is 5.92 Å². The Balaban J connectivity index is 0.967. The van der Waals surface area contributed by atoms with Gasteiger partial charge in [0.15, 0.2) is 0 Å². The van der Waals surface area contributed by atoms with E-state index in [4.69, 9.17) is 4.74 Å². The van der Waals surface area contributed by atoms with Crippen LogP contribution in [0.25, 0.3) is 21.7 Å². The van der Waals surface area contributed by atoms with Gasteiger partial charge in [-0.25, -0.2) is 0 Å². The molecule has 5 aliphatic rings. The number of hydrogen-bond acceptors (Lipinski definition) is 4. The summed E-state index contributed by atoms with van der Waals surface area (Å²) in [6.07, 6.45) is 11.2. The maximum absolute atomic E-state index is 6.61. The molecule has 0 saturated heterocycles. The van der Waals surface area contributed by atoms with Crippen LogP contribution in [0, 0.1) is 5.92 Å². The van der Waals surface area contributed by atoms with Crippen molar-refractivity contribution in [2.75, 3.05) is 9.80 Å². The number of benzene rings is 6. The lowest BCUT2D eigenvalue weighted by atomic mass is 9.73. The molecular formula is C52H40N2OS. The first-order valence-electron chi connectivity index (χ1n) is 19.9. The second-order valence-electron chi connectivity index (χ2n) is 16.5. The molecule has 12 rings (SSSR count). The summed E-state index contributed by atoms with van der Waals surface area (Å²) in [6.45, 7) is 4.73. The van der Waals surface area contributed by atoms with E-state index >= 15 is 0 Å². The summed E-state index contributed by atoms with van der Waals surface area (Å²) in [4.78, 5) is 6.40. The lowest BCUT2D eigenvalue weighted by Gasteiger charge is -2.44. The zero-order valence-corrected chi connectivity index (χ0v) is 32.3. The Hall–Kier alpha value is -6.10. The first-order chi connectivity index (χ1) is 27.5. The normalized spacial score (nSPS) is 21.7. The Morgan fingerprint density at radius 3 is 2.18 bits per heavy atom. The Bertz CT molecular complexity index is 2790. The maximum Gasteiger partial charge on any atom is 0.142 e. The van der Waals surface area contributed by atoms with Gasteiger partial charge in [-0.1, -0.05) is 117 Å². The van der Waals surface area contributed by atoms with Crippen molar-refractivity contribution in [1.82, 2.24) is 0 Å². The Labute approximate surface area is 332 Å². The number of thiophene rings is 1. The van der Waals surface area contributed by atoms with Crippen LogP contribution in [0.4, 0.5) is 28.4 Å². The molecule has 6 aromatic carbocycles. The third kappa shape index (κ3) is 4.57. The van der Waals surface area contributed by atoms with E-state index in [-0.39, 0.29) is 16.9 Å². The van der Waals surface area contributed by atoms with E-state index in [2.05, 4.69) is 194 Å². The first-order valence-corrected chi connectivity index (χ1v) is 20.7. The van der Waals surface area contributed by atoms with Gasteiger partial charge < -0.3 is 14.5 Å². The summed E-state index contributed by atoms with van der Waals surface area (Å²) in [5.74, 6) is 1.69. The fourth-order valence-corrected chi connectivity index (χ4v) is 11.5. The van der Waals surface area contributed by atoms with E-state index in [9.17, 15) is 0 Å². The van der Waals surface area contributed by atoms with Crippen LogP contribution < -0.4 is 14.5 Å². The van der Waals surface area contributed by atoms with Gasteiger partial charge in [-0.05, 0) is 95.4 Å². The predicted octanol–water partition coefficient (Wildman–Crippen LogP) is 13.8. The summed E-state index contributed by atoms with van der Waals surface area (Å²) in [7, 11) is 0. The quantitative estimate of drug-likeness (QED) is 0.175. The number of hydrogen-bond donors (Lipinski definition) is 0. The van der Waals surface area contributed by atoms with Crippen LogP contribution in [0.1, 0.15) is 65.3 Å². The topological polar surface area (TPSA) is 15.7 Å². The van der Waals surface area contributed by atoms with Crippen LogP contribution in [0.3, 0.4) is 0 Å². The van der Waals surface area contributed by atoms with Crippen molar-refractivity contribution in [1.29, 1.82) is 0 Å². The zero-order chi connectivity index (χ0) is 37.2. The highest BCUT2D eigenvalue weighted by Gasteiger charge is 2.62. The molecule has 4 heteroatoms. The number of fused-ring (bicyclic) bond motifs is 7. The largest absolute Gasteiger partial charge is 0.481 e. The van der Waals surface area contributed by atoms with Crippen molar-refractivity contribution in [3.05, 3.63) is 202 Å². The van der Waals surface area contributed by atoms with Crippen LogP contribution in [0.2, 0.25) is 0 Å². The first kappa shape index (κ1) is 32.2. The molecule has 1 saturated carbocycles. The van der Waals surface area contributed by atoms with E-state index in [1.54, 1.807) is 0 Å². The van der Waals surface area contributed by atoms with E-state index < -0.39 is 0 Å². The third-order valence-corrected chi connectivity index (χ3v) is 14.3. The van der Waals surface area contributed by atoms with Crippen molar-refractivity contribution < 1.29 is 4.74 Å². The molecule has 1 fully saturated rings. The summed E-state index contributed by atoms with van der Waals surface area (Å²) in [5, 5.41) is 1.34. The molecule has 0 bridgehead atoms. The van der Waals surface area contributed by atoms with Crippen LogP contribution >= 0.6 is 11.3 Å². The number of para-hydroxylation sites is 3. The number of rotatable bonds is 5. The van der Waals surface area contributed by atoms with Crippen LogP contribution in [-0.4, -0.2) is 5.60 Å². The van der Waals surface area contributed by atoms with Crippen LogP contribution in [0.15, 0.2) is 170 Å². The average molecular weight is 741 g/mol. The van der Waals surface area contributed by atoms with E-state index in [0.29, 0.717) is 5.92 Å². The fraction of sp³-hybridized carbons (Fsp3) is 0.154. The molecule has 7 aromatic rings. The maximum atomic E-state index is 6.61. The van der Waals surface area contributed by atoms with Gasteiger partial charge in [-0.3, -0.25) is 0 Å². The van der Waals surface area contributed by atoms with Gasteiger partial charge in [-0.15, -0.1) is 11.3 Å². The molecule has 270 valence electrons. The molecule has 3 nitrogen and oxygen atoms in total. The van der Waals surface area contributed by atoms with Crippen LogP contribution in [-0.2, 0) is 5.41 Å². The lowest BCUT2D eigenvalue weighted by Crippen LogP contribution is -2.33. The summed E-state index contributed by atoms with van der Waals surface area (Å²) in [5.41, 5.74) is 15.0. The van der Waals surface area contributed by atoms with Gasteiger partial charge in [0.2, 0.25) is 0 Å². The molecule has 3 aliphatic carbocycles. The molecule has 3 atom stereocenters. The van der Waals surface area contributed by atoms with Crippen molar-refractivity contribution in [3.63, 3.8) is 0 Å². The van der Waals surface area contributed by atoms with Crippen molar-refractivity contribution in [2.45, 2.75) is 43.6 Å². The lowest BCUT2D eigenvalue weighted by molar-refractivity contribution is 0.245. The van der Waals surface area contributed by atoms with E-state index in [1.807, 2.05) is 11.3 Å². The monoisotopic (exact) mass is 740 g/mol. The van der Waals surface area contributed by atoms with E-state index in [0.717, 1.165) is 35.7 Å². The molecule has 0 radical (unpaired) electrons. The van der Waals surface area contributed by atoms with Crippen molar-refractivity contribution in [3.8, 4) is 5.75 Å². The van der Waals surface area contributed by atoms with Crippen molar-refractivity contribution >= 4 is 61.5 Å². The molecule has 3 unspecified atom stereocenters.